The van der Waals surface area contributed by atoms with Crippen LogP contribution in [0.1, 0.15) is 29.2 Å². The summed E-state index contributed by atoms with van der Waals surface area (Å²) in [5.74, 6) is 0.194. The van der Waals surface area contributed by atoms with Gasteiger partial charge in [-0.25, -0.2) is 9.18 Å². The molecule has 2 aromatic heterocycles. The number of carbonyl (C=O) groups is 1. The van der Waals surface area contributed by atoms with Crippen molar-refractivity contribution in [2.24, 2.45) is 0 Å². The SMILES string of the molecule is O=C(OCc1noc(-c2ccc(F)cc2)n1)c1ccc(N2CCCC2)nn1. The lowest BCUT2D eigenvalue weighted by Crippen LogP contribution is -2.20. The molecule has 27 heavy (non-hydrogen) atoms. The predicted octanol–water partition coefficient (Wildman–Crippen LogP) is 2.62. The number of ether oxygens (including phenoxy) is 1. The van der Waals surface area contributed by atoms with E-state index >= 15 is 0 Å². The molecule has 1 aromatic carbocycles. The van der Waals surface area contributed by atoms with Gasteiger partial charge in [-0.2, -0.15) is 4.98 Å². The van der Waals surface area contributed by atoms with Crippen LogP contribution in [0.2, 0.25) is 0 Å². The van der Waals surface area contributed by atoms with E-state index in [1.165, 1.54) is 24.3 Å². The van der Waals surface area contributed by atoms with Crippen molar-refractivity contribution in [2.75, 3.05) is 18.0 Å². The molecule has 0 N–H and O–H groups in total. The Bertz CT molecular complexity index is 921. The fourth-order valence-electron chi connectivity index (χ4n) is 2.78. The lowest BCUT2D eigenvalue weighted by molar-refractivity contribution is 0.0451. The molecule has 9 heteroatoms. The number of hydrogen-bond acceptors (Lipinski definition) is 8. The molecular weight excluding hydrogens is 353 g/mol. The van der Waals surface area contributed by atoms with E-state index in [-0.39, 0.29) is 29.8 Å². The van der Waals surface area contributed by atoms with E-state index in [9.17, 15) is 9.18 Å². The third kappa shape index (κ3) is 3.91. The number of esters is 1. The Morgan fingerprint density at radius 1 is 1.11 bits per heavy atom. The lowest BCUT2D eigenvalue weighted by atomic mass is 10.2. The summed E-state index contributed by atoms with van der Waals surface area (Å²) in [4.78, 5) is 18.3. The van der Waals surface area contributed by atoms with E-state index < -0.39 is 5.97 Å². The average molecular weight is 369 g/mol. The standard InChI is InChI=1S/C18H16FN5O3/c19-13-5-3-12(4-6-13)17-20-15(23-27-17)11-26-18(25)14-7-8-16(22-21-14)24-9-1-2-10-24/h3-8H,1-2,9-11H2. The molecule has 0 saturated carbocycles. The maximum absolute atomic E-state index is 13.0. The second-order valence-corrected chi connectivity index (χ2v) is 6.07. The van der Waals surface area contributed by atoms with Gasteiger partial charge in [0, 0.05) is 18.7 Å². The number of hydrogen-bond donors (Lipinski definition) is 0. The Morgan fingerprint density at radius 2 is 1.89 bits per heavy atom. The third-order valence-electron chi connectivity index (χ3n) is 4.18. The molecule has 1 aliphatic rings. The van der Waals surface area contributed by atoms with Gasteiger partial charge in [-0.05, 0) is 49.2 Å². The fraction of sp³-hybridized carbons (Fsp3) is 0.278. The highest BCUT2D eigenvalue weighted by atomic mass is 19.1. The van der Waals surface area contributed by atoms with Crippen LogP contribution in [0, 0.1) is 5.82 Å². The van der Waals surface area contributed by atoms with Gasteiger partial charge in [0.25, 0.3) is 5.89 Å². The highest BCUT2D eigenvalue weighted by Crippen LogP contribution is 2.18. The lowest BCUT2D eigenvalue weighted by Gasteiger charge is -2.14. The molecule has 0 unspecified atom stereocenters. The summed E-state index contributed by atoms with van der Waals surface area (Å²) in [6.07, 6.45) is 2.27. The Hall–Kier alpha value is -3.36. The minimum Gasteiger partial charge on any atom is -0.453 e. The fourth-order valence-corrected chi connectivity index (χ4v) is 2.78. The van der Waals surface area contributed by atoms with Crippen LogP contribution in [0.25, 0.3) is 11.5 Å². The van der Waals surface area contributed by atoms with Crippen molar-refractivity contribution >= 4 is 11.8 Å². The van der Waals surface area contributed by atoms with Crippen LogP contribution in [-0.2, 0) is 11.3 Å². The minimum absolute atomic E-state index is 0.111. The molecule has 0 aliphatic carbocycles. The first kappa shape index (κ1) is 17.1. The molecule has 8 nitrogen and oxygen atoms in total. The zero-order valence-corrected chi connectivity index (χ0v) is 14.3. The zero-order valence-electron chi connectivity index (χ0n) is 14.3. The number of halogens is 1. The zero-order chi connectivity index (χ0) is 18.6. The van der Waals surface area contributed by atoms with E-state index in [1.807, 2.05) is 0 Å². The van der Waals surface area contributed by atoms with Gasteiger partial charge in [0.2, 0.25) is 5.82 Å². The number of anilines is 1. The summed E-state index contributed by atoms with van der Waals surface area (Å²) in [6, 6.07) is 8.98. The Balaban J connectivity index is 1.35. The number of aromatic nitrogens is 4. The molecule has 3 aromatic rings. The Labute approximate surface area is 154 Å². The number of nitrogens with zero attached hydrogens (tertiary/aromatic N) is 5. The molecule has 1 saturated heterocycles. The summed E-state index contributed by atoms with van der Waals surface area (Å²) in [7, 11) is 0. The van der Waals surface area contributed by atoms with Crippen LogP contribution in [0.15, 0.2) is 40.9 Å². The molecule has 4 rings (SSSR count). The van der Waals surface area contributed by atoms with Crippen molar-refractivity contribution in [1.29, 1.82) is 0 Å². The summed E-state index contributed by atoms with van der Waals surface area (Å²) in [5.41, 5.74) is 0.685. The largest absolute Gasteiger partial charge is 0.453 e. The van der Waals surface area contributed by atoms with E-state index in [0.717, 1.165) is 31.7 Å². The highest BCUT2D eigenvalue weighted by molar-refractivity contribution is 5.87. The average Bonchev–Trinajstić information content (AvgIpc) is 3.39. The van der Waals surface area contributed by atoms with Crippen LogP contribution < -0.4 is 4.90 Å². The smallest absolute Gasteiger partial charge is 0.359 e. The molecule has 0 atom stereocenters. The molecule has 0 radical (unpaired) electrons. The normalized spacial score (nSPS) is 13.7. The van der Waals surface area contributed by atoms with Gasteiger partial charge in [0.15, 0.2) is 18.1 Å². The first-order valence-corrected chi connectivity index (χ1v) is 8.53. The predicted molar refractivity (Wildman–Crippen MR) is 92.3 cm³/mol. The molecule has 0 bridgehead atoms. The van der Waals surface area contributed by atoms with E-state index in [0.29, 0.717) is 5.56 Å². The maximum Gasteiger partial charge on any atom is 0.359 e. The third-order valence-corrected chi connectivity index (χ3v) is 4.18. The van der Waals surface area contributed by atoms with Crippen LogP contribution in [-0.4, -0.2) is 39.4 Å². The number of rotatable bonds is 5. The van der Waals surface area contributed by atoms with Crippen molar-refractivity contribution in [2.45, 2.75) is 19.4 Å². The molecule has 0 amide bonds. The Kier molecular flexibility index (Phi) is 4.73. The van der Waals surface area contributed by atoms with Crippen LogP contribution in [0.3, 0.4) is 0 Å². The first-order valence-electron chi connectivity index (χ1n) is 8.53. The number of carbonyl (C=O) groups excluding carboxylic acids is 1. The Morgan fingerprint density at radius 3 is 2.59 bits per heavy atom. The van der Waals surface area contributed by atoms with Crippen LogP contribution in [0.4, 0.5) is 10.2 Å². The van der Waals surface area contributed by atoms with Crippen molar-refractivity contribution in [3.63, 3.8) is 0 Å². The summed E-state index contributed by atoms with van der Waals surface area (Å²) in [6.45, 7) is 1.73. The van der Waals surface area contributed by atoms with E-state index in [2.05, 4.69) is 25.2 Å². The summed E-state index contributed by atoms with van der Waals surface area (Å²) >= 11 is 0. The van der Waals surface area contributed by atoms with E-state index in [1.54, 1.807) is 12.1 Å². The quantitative estimate of drug-likeness (QED) is 0.634. The highest BCUT2D eigenvalue weighted by Gasteiger charge is 2.17. The first-order chi connectivity index (χ1) is 13.2. The number of benzene rings is 1. The van der Waals surface area contributed by atoms with Crippen molar-refractivity contribution < 1.29 is 18.4 Å². The summed E-state index contributed by atoms with van der Waals surface area (Å²) < 4.78 is 23.2. The minimum atomic E-state index is -0.622. The van der Waals surface area contributed by atoms with Crippen molar-refractivity contribution in [3.05, 3.63) is 53.7 Å². The molecule has 3 heterocycles. The van der Waals surface area contributed by atoms with Crippen molar-refractivity contribution in [1.82, 2.24) is 20.3 Å². The second-order valence-electron chi connectivity index (χ2n) is 6.07. The molecular formula is C18H16FN5O3. The topological polar surface area (TPSA) is 94.2 Å². The molecule has 138 valence electrons. The molecule has 0 spiro atoms. The van der Waals surface area contributed by atoms with Crippen LogP contribution >= 0.6 is 0 Å². The van der Waals surface area contributed by atoms with Gasteiger partial charge < -0.3 is 14.2 Å². The van der Waals surface area contributed by atoms with Crippen molar-refractivity contribution in [3.8, 4) is 11.5 Å². The summed E-state index contributed by atoms with van der Waals surface area (Å²) in [5, 5.41) is 11.8. The van der Waals surface area contributed by atoms with Gasteiger partial charge in [0.05, 0.1) is 0 Å². The monoisotopic (exact) mass is 369 g/mol. The van der Waals surface area contributed by atoms with Gasteiger partial charge >= 0.3 is 5.97 Å². The van der Waals surface area contributed by atoms with Crippen LogP contribution in [0.5, 0.6) is 0 Å². The van der Waals surface area contributed by atoms with E-state index in [4.69, 9.17) is 9.26 Å². The van der Waals surface area contributed by atoms with Gasteiger partial charge in [0.1, 0.15) is 5.82 Å². The van der Waals surface area contributed by atoms with Gasteiger partial charge in [-0.1, -0.05) is 5.16 Å². The van der Waals surface area contributed by atoms with Gasteiger partial charge in [-0.3, -0.25) is 0 Å². The molecule has 1 fully saturated rings. The second kappa shape index (κ2) is 7.48. The molecule has 1 aliphatic heterocycles. The van der Waals surface area contributed by atoms with Gasteiger partial charge in [-0.15, -0.1) is 10.2 Å². The maximum atomic E-state index is 13.0.